The van der Waals surface area contributed by atoms with Crippen molar-refractivity contribution in [2.75, 3.05) is 33.3 Å². The Labute approximate surface area is 192 Å². The normalized spacial score (nSPS) is 21.6. The van der Waals surface area contributed by atoms with E-state index in [1.165, 1.54) is 7.11 Å². The van der Waals surface area contributed by atoms with Crippen LogP contribution >= 0.6 is 0 Å². The van der Waals surface area contributed by atoms with Gasteiger partial charge in [-0.25, -0.2) is 9.59 Å². The highest BCUT2D eigenvalue weighted by molar-refractivity contribution is 5.98. The maximum Gasteiger partial charge on any atom is 0.409 e. The number of nitrogens with zero attached hydrogens (tertiary/aromatic N) is 2. The monoisotopic (exact) mass is 446 g/mol. The summed E-state index contributed by atoms with van der Waals surface area (Å²) < 4.78 is 10.6. The lowest BCUT2D eigenvalue weighted by Gasteiger charge is -2.26. The minimum absolute atomic E-state index is 0.0501. The molecular formula is C26H26N2O5. The van der Waals surface area contributed by atoms with E-state index in [0.717, 1.165) is 28.7 Å². The highest BCUT2D eigenvalue weighted by atomic mass is 16.6. The maximum absolute atomic E-state index is 13.4. The minimum atomic E-state index is -0.740. The van der Waals surface area contributed by atoms with Crippen molar-refractivity contribution in [3.8, 4) is 0 Å². The average molecular weight is 447 g/mol. The number of rotatable bonds is 2. The zero-order valence-corrected chi connectivity index (χ0v) is 18.8. The number of benzene rings is 2. The standard InChI is InChI=1S/C26H26N2O5/c1-17-15-19(18-9-12-27(13-10-18)25(31)32-2)7-8-20(17)23(29)28-14-11-26(16-28)22-6-4-3-5-21(22)24(30)33-26/h3-9,15H,10-14,16H2,1-2H3/t26-/m0/s1. The van der Waals surface area contributed by atoms with Gasteiger partial charge in [0.15, 0.2) is 5.60 Å². The Morgan fingerprint density at radius 2 is 1.91 bits per heavy atom. The van der Waals surface area contributed by atoms with Gasteiger partial charge in [-0.05, 0) is 42.2 Å². The first-order chi connectivity index (χ1) is 15.9. The summed E-state index contributed by atoms with van der Waals surface area (Å²) >= 11 is 0. The number of carbonyl (C=O) groups is 3. The third-order valence-electron chi connectivity index (χ3n) is 6.91. The highest BCUT2D eigenvalue weighted by Gasteiger charge is 2.50. The molecule has 0 aliphatic carbocycles. The summed E-state index contributed by atoms with van der Waals surface area (Å²) in [6.07, 6.45) is 3.05. The molecule has 0 N–H and O–H groups in total. The molecule has 1 atom stereocenters. The molecule has 0 aromatic heterocycles. The van der Waals surface area contributed by atoms with Gasteiger partial charge in [0.25, 0.3) is 5.91 Å². The number of aryl methyl sites for hydroxylation is 1. The Morgan fingerprint density at radius 3 is 2.64 bits per heavy atom. The predicted octanol–water partition coefficient (Wildman–Crippen LogP) is 3.76. The van der Waals surface area contributed by atoms with Crippen LogP contribution in [0.2, 0.25) is 0 Å². The molecule has 170 valence electrons. The van der Waals surface area contributed by atoms with Gasteiger partial charge in [0.1, 0.15) is 0 Å². The number of methoxy groups -OCH3 is 1. The maximum atomic E-state index is 13.4. The zero-order chi connectivity index (χ0) is 23.2. The first-order valence-corrected chi connectivity index (χ1v) is 11.2. The van der Waals surface area contributed by atoms with Crippen LogP contribution in [0, 0.1) is 6.92 Å². The summed E-state index contributed by atoms with van der Waals surface area (Å²) in [5.74, 6) is -0.363. The topological polar surface area (TPSA) is 76.2 Å². The lowest BCUT2D eigenvalue weighted by molar-refractivity contribution is -0.00307. The molecule has 1 saturated heterocycles. The molecule has 2 aromatic rings. The molecule has 1 fully saturated rings. The Morgan fingerprint density at radius 1 is 1.09 bits per heavy atom. The summed E-state index contributed by atoms with van der Waals surface area (Å²) in [6, 6.07) is 13.3. The van der Waals surface area contributed by atoms with Crippen LogP contribution in [0.25, 0.3) is 5.57 Å². The van der Waals surface area contributed by atoms with E-state index < -0.39 is 5.60 Å². The van der Waals surface area contributed by atoms with Crippen molar-refractivity contribution in [1.29, 1.82) is 0 Å². The molecule has 0 radical (unpaired) electrons. The fraction of sp³-hybridized carbons (Fsp3) is 0.346. The number of hydrogen-bond donors (Lipinski definition) is 0. The summed E-state index contributed by atoms with van der Waals surface area (Å²) in [7, 11) is 1.39. The Bertz CT molecular complexity index is 1190. The van der Waals surface area contributed by atoms with Crippen molar-refractivity contribution in [1.82, 2.24) is 9.80 Å². The van der Waals surface area contributed by atoms with Gasteiger partial charge < -0.3 is 19.3 Å². The van der Waals surface area contributed by atoms with Gasteiger partial charge in [-0.2, -0.15) is 0 Å². The van der Waals surface area contributed by atoms with Crippen LogP contribution in [0.1, 0.15) is 50.2 Å². The third-order valence-corrected chi connectivity index (χ3v) is 6.91. The van der Waals surface area contributed by atoms with Gasteiger partial charge in [0.2, 0.25) is 0 Å². The van der Waals surface area contributed by atoms with Crippen molar-refractivity contribution in [3.63, 3.8) is 0 Å². The van der Waals surface area contributed by atoms with Crippen LogP contribution in [0.3, 0.4) is 0 Å². The van der Waals surface area contributed by atoms with Crippen LogP contribution in [0.5, 0.6) is 0 Å². The molecule has 3 aliphatic rings. The molecule has 7 heteroatoms. The second-order valence-corrected chi connectivity index (χ2v) is 8.83. The molecule has 2 amide bonds. The van der Waals surface area contributed by atoms with Crippen LogP contribution in [0.15, 0.2) is 48.5 Å². The second kappa shape index (κ2) is 8.06. The fourth-order valence-electron chi connectivity index (χ4n) is 5.10. The lowest BCUT2D eigenvalue weighted by Crippen LogP contribution is -2.35. The lowest BCUT2D eigenvalue weighted by atomic mass is 9.91. The molecule has 7 nitrogen and oxygen atoms in total. The van der Waals surface area contributed by atoms with Gasteiger partial charge in [-0.1, -0.05) is 36.4 Å². The third kappa shape index (κ3) is 3.57. The average Bonchev–Trinajstić information content (AvgIpc) is 3.39. The van der Waals surface area contributed by atoms with E-state index in [1.807, 2.05) is 49.4 Å². The van der Waals surface area contributed by atoms with Crippen LogP contribution in [0.4, 0.5) is 4.79 Å². The number of hydrogen-bond acceptors (Lipinski definition) is 5. The molecular weight excluding hydrogens is 420 g/mol. The zero-order valence-electron chi connectivity index (χ0n) is 18.8. The van der Waals surface area contributed by atoms with Crippen molar-refractivity contribution >= 4 is 23.5 Å². The minimum Gasteiger partial charge on any atom is -0.453 e. The summed E-state index contributed by atoms with van der Waals surface area (Å²) in [5, 5.41) is 0. The molecule has 0 saturated carbocycles. The molecule has 2 aromatic carbocycles. The van der Waals surface area contributed by atoms with Crippen molar-refractivity contribution in [2.24, 2.45) is 0 Å². The summed E-state index contributed by atoms with van der Waals surface area (Å²) in [4.78, 5) is 40.8. The predicted molar refractivity (Wildman–Crippen MR) is 122 cm³/mol. The van der Waals surface area contributed by atoms with E-state index in [0.29, 0.717) is 43.7 Å². The van der Waals surface area contributed by atoms with Crippen LogP contribution < -0.4 is 0 Å². The number of ether oxygens (including phenoxy) is 2. The highest BCUT2D eigenvalue weighted by Crippen LogP contribution is 2.43. The van der Waals surface area contributed by atoms with E-state index in [1.54, 1.807) is 15.9 Å². The number of esters is 1. The number of amides is 2. The molecule has 0 unspecified atom stereocenters. The molecule has 3 heterocycles. The summed E-state index contributed by atoms with van der Waals surface area (Å²) in [5.41, 5.74) is 4.51. The van der Waals surface area contributed by atoms with Gasteiger partial charge in [0.05, 0.1) is 19.2 Å². The molecule has 1 spiro atoms. The summed E-state index contributed by atoms with van der Waals surface area (Å²) in [6.45, 7) is 3.96. The smallest absolute Gasteiger partial charge is 0.409 e. The van der Waals surface area contributed by atoms with Crippen molar-refractivity contribution < 1.29 is 23.9 Å². The largest absolute Gasteiger partial charge is 0.453 e. The molecule has 33 heavy (non-hydrogen) atoms. The van der Waals surface area contributed by atoms with Crippen molar-refractivity contribution in [3.05, 3.63) is 76.4 Å². The van der Waals surface area contributed by atoms with Crippen LogP contribution in [-0.4, -0.2) is 61.1 Å². The van der Waals surface area contributed by atoms with E-state index in [-0.39, 0.29) is 18.0 Å². The molecule has 3 aliphatic heterocycles. The van der Waals surface area contributed by atoms with Crippen LogP contribution in [-0.2, 0) is 15.1 Å². The quantitative estimate of drug-likeness (QED) is 0.657. The number of fused-ring (bicyclic) bond motifs is 2. The fourth-order valence-corrected chi connectivity index (χ4v) is 5.10. The molecule has 5 rings (SSSR count). The van der Waals surface area contributed by atoms with E-state index >= 15 is 0 Å². The SMILES string of the molecule is COC(=O)N1CC=C(c2ccc(C(=O)N3CC[C@@]4(C3)OC(=O)c3ccccc34)c(C)c2)CC1. The van der Waals surface area contributed by atoms with Crippen molar-refractivity contribution in [2.45, 2.75) is 25.4 Å². The Kier molecular flexibility index (Phi) is 5.19. The first kappa shape index (κ1) is 21.2. The van der Waals surface area contributed by atoms with Gasteiger partial charge in [-0.15, -0.1) is 0 Å². The van der Waals surface area contributed by atoms with E-state index in [4.69, 9.17) is 9.47 Å². The van der Waals surface area contributed by atoms with Gasteiger partial charge >= 0.3 is 12.1 Å². The molecule has 0 bridgehead atoms. The number of carbonyl (C=O) groups excluding carboxylic acids is 3. The van der Waals surface area contributed by atoms with E-state index in [9.17, 15) is 14.4 Å². The number of likely N-dealkylation sites (tertiary alicyclic amines) is 1. The van der Waals surface area contributed by atoms with Gasteiger partial charge in [0, 0.05) is 37.2 Å². The second-order valence-electron chi connectivity index (χ2n) is 8.83. The first-order valence-electron chi connectivity index (χ1n) is 11.2. The van der Waals surface area contributed by atoms with Gasteiger partial charge in [-0.3, -0.25) is 4.79 Å². The Hall–Kier alpha value is -3.61. The van der Waals surface area contributed by atoms with E-state index in [2.05, 4.69) is 0 Å². The Balaban J connectivity index is 1.32.